The van der Waals surface area contributed by atoms with Crippen LogP contribution in [0.4, 0.5) is 0 Å². The van der Waals surface area contributed by atoms with E-state index in [-0.39, 0.29) is 0 Å². The quantitative estimate of drug-likeness (QED) is 0.735. The number of hydrogen-bond acceptors (Lipinski definition) is 5. The lowest BCUT2D eigenvalue weighted by atomic mass is 10.1. The van der Waals surface area contributed by atoms with Crippen molar-refractivity contribution in [1.82, 2.24) is 19.9 Å². The van der Waals surface area contributed by atoms with Gasteiger partial charge in [0.1, 0.15) is 0 Å². The summed E-state index contributed by atoms with van der Waals surface area (Å²) in [5.41, 5.74) is 4.67. The van der Waals surface area contributed by atoms with E-state index >= 15 is 0 Å². The molecule has 3 aromatic rings. The first-order valence-electron chi connectivity index (χ1n) is 7.90. The molecule has 0 saturated heterocycles. The van der Waals surface area contributed by atoms with E-state index in [1.54, 1.807) is 18.0 Å². The van der Waals surface area contributed by atoms with Crippen LogP contribution >= 0.6 is 11.8 Å². The molecule has 1 aromatic carbocycles. The fraction of sp³-hybridized carbons (Fsp3) is 0.222. The summed E-state index contributed by atoms with van der Waals surface area (Å²) in [6, 6.07) is 12.5. The molecule has 120 valence electrons. The van der Waals surface area contributed by atoms with E-state index in [9.17, 15) is 0 Å². The smallest absolute Gasteiger partial charge is 0.212 e. The first-order valence-corrected chi connectivity index (χ1v) is 8.89. The molecular weight excluding hydrogens is 318 g/mol. The van der Waals surface area contributed by atoms with E-state index in [0.29, 0.717) is 0 Å². The molecule has 0 aliphatic carbocycles. The zero-order chi connectivity index (χ0) is 16.4. The Labute approximate surface area is 144 Å². The second kappa shape index (κ2) is 6.57. The van der Waals surface area contributed by atoms with Gasteiger partial charge in [-0.3, -0.25) is 4.98 Å². The first-order chi connectivity index (χ1) is 11.8. The standard InChI is InChI=1S/C18H17N5S/c1-13-4-7-15(8-5-13)16-12-24-18-21-20-17(23(18)22-16)9-6-14-3-2-10-19-11-14/h2-5,7-8,10-11H,6,9,12H2,1H3. The molecule has 5 nitrogen and oxygen atoms in total. The number of aromatic nitrogens is 4. The molecule has 0 saturated carbocycles. The normalized spacial score (nSPS) is 13.5. The molecule has 0 atom stereocenters. The minimum atomic E-state index is 0.796. The summed E-state index contributed by atoms with van der Waals surface area (Å²) in [6.07, 6.45) is 5.36. The molecule has 0 amide bonds. The van der Waals surface area contributed by atoms with E-state index in [2.05, 4.69) is 52.4 Å². The van der Waals surface area contributed by atoms with Crippen LogP contribution in [-0.2, 0) is 12.8 Å². The Balaban J connectivity index is 1.58. The molecule has 3 heterocycles. The van der Waals surface area contributed by atoms with Gasteiger partial charge in [-0.15, -0.1) is 10.2 Å². The van der Waals surface area contributed by atoms with Crippen LogP contribution in [0, 0.1) is 6.92 Å². The van der Waals surface area contributed by atoms with Crippen LogP contribution in [0.15, 0.2) is 59.0 Å². The minimum absolute atomic E-state index is 0.796. The van der Waals surface area contributed by atoms with Crippen molar-refractivity contribution in [2.24, 2.45) is 5.10 Å². The Kier molecular flexibility index (Phi) is 4.13. The number of aryl methyl sites for hydroxylation is 3. The van der Waals surface area contributed by atoms with Gasteiger partial charge in [-0.25, -0.2) is 0 Å². The molecule has 1 aliphatic heterocycles. The van der Waals surface area contributed by atoms with Crippen molar-refractivity contribution in [3.05, 3.63) is 71.3 Å². The molecular formula is C18H17N5S. The number of hydrogen-bond donors (Lipinski definition) is 0. The SMILES string of the molecule is Cc1ccc(C2=Nn3c(CCc4cccnc4)nnc3SC2)cc1. The summed E-state index contributed by atoms with van der Waals surface area (Å²) in [5, 5.41) is 14.2. The maximum Gasteiger partial charge on any atom is 0.212 e. The monoisotopic (exact) mass is 335 g/mol. The van der Waals surface area contributed by atoms with Crippen LogP contribution in [0.25, 0.3) is 0 Å². The van der Waals surface area contributed by atoms with Gasteiger partial charge in [-0.1, -0.05) is 47.7 Å². The topological polar surface area (TPSA) is 56.0 Å². The fourth-order valence-corrected chi connectivity index (χ4v) is 3.47. The van der Waals surface area contributed by atoms with Crippen LogP contribution in [0.3, 0.4) is 0 Å². The van der Waals surface area contributed by atoms with Gasteiger partial charge in [-0.2, -0.15) is 9.78 Å². The first kappa shape index (κ1) is 15.1. The summed E-state index contributed by atoms with van der Waals surface area (Å²) in [7, 11) is 0. The van der Waals surface area contributed by atoms with Gasteiger partial charge in [0.25, 0.3) is 0 Å². The van der Waals surface area contributed by atoms with Crippen molar-refractivity contribution < 1.29 is 0 Å². The van der Waals surface area contributed by atoms with Crippen LogP contribution in [-0.4, -0.2) is 31.3 Å². The average molecular weight is 335 g/mol. The highest BCUT2D eigenvalue weighted by atomic mass is 32.2. The van der Waals surface area contributed by atoms with E-state index in [0.717, 1.165) is 40.9 Å². The number of fused-ring (bicyclic) bond motifs is 1. The zero-order valence-corrected chi connectivity index (χ0v) is 14.2. The molecule has 1 aliphatic rings. The Bertz CT molecular complexity index is 868. The number of nitrogens with zero attached hydrogens (tertiary/aromatic N) is 5. The van der Waals surface area contributed by atoms with Crippen molar-refractivity contribution in [2.45, 2.75) is 24.9 Å². The molecule has 4 rings (SSSR count). The maximum absolute atomic E-state index is 4.79. The van der Waals surface area contributed by atoms with Gasteiger partial charge in [-0.05, 0) is 30.5 Å². The highest BCUT2D eigenvalue weighted by molar-refractivity contribution is 7.99. The van der Waals surface area contributed by atoms with Crippen molar-refractivity contribution in [3.63, 3.8) is 0 Å². The third kappa shape index (κ3) is 3.10. The van der Waals surface area contributed by atoms with E-state index in [1.165, 1.54) is 11.1 Å². The number of pyridine rings is 1. The van der Waals surface area contributed by atoms with Gasteiger partial charge in [0.15, 0.2) is 5.82 Å². The molecule has 0 N–H and O–H groups in total. The second-order valence-corrected chi connectivity index (χ2v) is 6.72. The van der Waals surface area contributed by atoms with Gasteiger partial charge in [0.05, 0.1) is 5.71 Å². The third-order valence-electron chi connectivity index (χ3n) is 3.98. The fourth-order valence-electron chi connectivity index (χ4n) is 2.61. The van der Waals surface area contributed by atoms with Crippen LogP contribution in [0.2, 0.25) is 0 Å². The van der Waals surface area contributed by atoms with Gasteiger partial charge in [0, 0.05) is 24.6 Å². The lowest BCUT2D eigenvalue weighted by Gasteiger charge is -2.14. The van der Waals surface area contributed by atoms with E-state index in [4.69, 9.17) is 5.10 Å². The highest BCUT2D eigenvalue weighted by Crippen LogP contribution is 2.24. The molecule has 0 unspecified atom stereocenters. The van der Waals surface area contributed by atoms with Crippen molar-refractivity contribution >= 4 is 17.5 Å². The summed E-state index contributed by atoms with van der Waals surface area (Å²) in [4.78, 5) is 4.16. The molecule has 0 radical (unpaired) electrons. The van der Waals surface area contributed by atoms with Crippen LogP contribution in [0.5, 0.6) is 0 Å². The van der Waals surface area contributed by atoms with Gasteiger partial charge in [0.2, 0.25) is 5.16 Å². The highest BCUT2D eigenvalue weighted by Gasteiger charge is 2.19. The van der Waals surface area contributed by atoms with E-state index < -0.39 is 0 Å². The van der Waals surface area contributed by atoms with Crippen molar-refractivity contribution in [2.75, 3.05) is 5.75 Å². The summed E-state index contributed by atoms with van der Waals surface area (Å²) < 4.78 is 1.89. The Morgan fingerprint density at radius 3 is 2.75 bits per heavy atom. The predicted octanol–water partition coefficient (Wildman–Crippen LogP) is 3.12. The van der Waals surface area contributed by atoms with Gasteiger partial charge >= 0.3 is 0 Å². The maximum atomic E-state index is 4.79. The molecule has 0 bridgehead atoms. The number of thioether (sulfide) groups is 1. The Morgan fingerprint density at radius 2 is 1.96 bits per heavy atom. The Hall–Kier alpha value is -2.47. The predicted molar refractivity (Wildman–Crippen MR) is 95.5 cm³/mol. The zero-order valence-electron chi connectivity index (χ0n) is 13.4. The van der Waals surface area contributed by atoms with Crippen molar-refractivity contribution in [1.29, 1.82) is 0 Å². The summed E-state index contributed by atoms with van der Waals surface area (Å²) in [5.74, 6) is 1.72. The second-order valence-electron chi connectivity index (χ2n) is 5.77. The Morgan fingerprint density at radius 1 is 1.08 bits per heavy atom. The van der Waals surface area contributed by atoms with Crippen LogP contribution in [0.1, 0.15) is 22.5 Å². The minimum Gasteiger partial charge on any atom is -0.264 e. The molecule has 0 fully saturated rings. The third-order valence-corrected chi connectivity index (χ3v) is 4.91. The molecule has 6 heteroatoms. The van der Waals surface area contributed by atoms with Crippen molar-refractivity contribution in [3.8, 4) is 0 Å². The van der Waals surface area contributed by atoms with Crippen LogP contribution < -0.4 is 0 Å². The number of benzene rings is 1. The lowest BCUT2D eigenvalue weighted by molar-refractivity contribution is 0.698. The molecule has 0 spiro atoms. The average Bonchev–Trinajstić information content (AvgIpc) is 3.04. The number of rotatable bonds is 4. The largest absolute Gasteiger partial charge is 0.264 e. The van der Waals surface area contributed by atoms with E-state index in [1.807, 2.05) is 16.9 Å². The molecule has 2 aromatic heterocycles. The molecule has 24 heavy (non-hydrogen) atoms. The lowest BCUT2D eigenvalue weighted by Crippen LogP contribution is -2.15. The van der Waals surface area contributed by atoms with Gasteiger partial charge < -0.3 is 0 Å². The summed E-state index contributed by atoms with van der Waals surface area (Å²) in [6.45, 7) is 2.09. The summed E-state index contributed by atoms with van der Waals surface area (Å²) >= 11 is 1.68.